The quantitative estimate of drug-likeness (QED) is 0.403. The lowest BCUT2D eigenvalue weighted by Gasteiger charge is -2.24. The number of anilines is 1. The van der Waals surface area contributed by atoms with E-state index in [9.17, 15) is 9.59 Å². The molecule has 0 radical (unpaired) electrons. The molecule has 0 bridgehead atoms. The number of hydrogen-bond donors (Lipinski definition) is 1. The van der Waals surface area contributed by atoms with Gasteiger partial charge in [-0.3, -0.25) is 15.1 Å². The number of carbonyl (C=O) groups is 2. The molecule has 3 aromatic heterocycles. The second-order valence-electron chi connectivity index (χ2n) is 9.80. The molecule has 0 aromatic carbocycles. The van der Waals surface area contributed by atoms with Crippen LogP contribution in [0.4, 0.5) is 9.93 Å². The predicted molar refractivity (Wildman–Crippen MR) is 143 cm³/mol. The van der Waals surface area contributed by atoms with Gasteiger partial charge in [-0.15, -0.1) is 5.10 Å². The molecule has 202 valence electrons. The summed E-state index contributed by atoms with van der Waals surface area (Å²) in [6, 6.07) is 3.41. The Morgan fingerprint density at radius 2 is 1.97 bits per heavy atom. The zero-order valence-electron chi connectivity index (χ0n) is 21.8. The van der Waals surface area contributed by atoms with E-state index in [4.69, 9.17) is 25.8 Å². The van der Waals surface area contributed by atoms with Crippen molar-refractivity contribution in [3.8, 4) is 22.1 Å². The Hall–Kier alpha value is -3.51. The zero-order chi connectivity index (χ0) is 27.4. The van der Waals surface area contributed by atoms with Crippen LogP contribution < -0.4 is 14.8 Å². The summed E-state index contributed by atoms with van der Waals surface area (Å²) in [5.41, 5.74) is 1.69. The number of nitrogens with zero attached hydrogens (tertiary/aromatic N) is 5. The first-order chi connectivity index (χ1) is 18.0. The van der Waals surface area contributed by atoms with Crippen LogP contribution >= 0.6 is 22.9 Å². The highest BCUT2D eigenvalue weighted by molar-refractivity contribution is 7.17. The standard InChI is InChI=1S/C25H29ClN6O5S/c1-14-8-16(17-9-20(26)28-11-19(17)35-5)18(10-27-14)21(33)29-22-30-31-23(38-22)36-13-15-6-7-32(12-15)24(34)37-25(2,3)4/h8-11,15H,6-7,12-13H2,1-5H3,(H,29,30,33). The summed E-state index contributed by atoms with van der Waals surface area (Å²) < 4.78 is 16.7. The third-order valence-electron chi connectivity index (χ3n) is 5.64. The van der Waals surface area contributed by atoms with Crippen molar-refractivity contribution in [3.63, 3.8) is 0 Å². The Morgan fingerprint density at radius 1 is 1.18 bits per heavy atom. The predicted octanol–water partition coefficient (Wildman–Crippen LogP) is 4.85. The summed E-state index contributed by atoms with van der Waals surface area (Å²) in [5.74, 6) is 0.194. The van der Waals surface area contributed by atoms with Crippen LogP contribution in [0.3, 0.4) is 0 Å². The van der Waals surface area contributed by atoms with Gasteiger partial charge in [-0.25, -0.2) is 9.78 Å². The fraction of sp³-hybridized carbons (Fsp3) is 0.440. The van der Waals surface area contributed by atoms with Crippen LogP contribution in [-0.2, 0) is 4.74 Å². The van der Waals surface area contributed by atoms with Crippen LogP contribution in [0.15, 0.2) is 24.5 Å². The van der Waals surface area contributed by atoms with Crippen molar-refractivity contribution in [1.82, 2.24) is 25.1 Å². The van der Waals surface area contributed by atoms with Gasteiger partial charge in [0.25, 0.3) is 11.1 Å². The monoisotopic (exact) mass is 560 g/mol. The topological polar surface area (TPSA) is 129 Å². The average molecular weight is 561 g/mol. The van der Waals surface area contributed by atoms with Crippen molar-refractivity contribution in [2.24, 2.45) is 5.92 Å². The maximum atomic E-state index is 13.2. The van der Waals surface area contributed by atoms with E-state index in [0.29, 0.717) is 47.3 Å². The van der Waals surface area contributed by atoms with Crippen LogP contribution in [0, 0.1) is 12.8 Å². The summed E-state index contributed by atoms with van der Waals surface area (Å²) in [4.78, 5) is 35.5. The van der Waals surface area contributed by atoms with Crippen molar-refractivity contribution in [2.45, 2.75) is 39.7 Å². The van der Waals surface area contributed by atoms with Gasteiger partial charge in [-0.2, -0.15) is 0 Å². The molecular weight excluding hydrogens is 532 g/mol. The molecule has 1 aliphatic heterocycles. The first kappa shape index (κ1) is 27.5. The number of amides is 2. The second-order valence-corrected chi connectivity index (χ2v) is 11.1. The Bertz CT molecular complexity index is 1330. The molecule has 0 spiro atoms. The molecule has 13 heteroatoms. The third kappa shape index (κ3) is 6.87. The van der Waals surface area contributed by atoms with E-state index in [0.717, 1.165) is 23.5 Å². The van der Waals surface area contributed by atoms with E-state index >= 15 is 0 Å². The Labute approximate surface area is 229 Å². The lowest BCUT2D eigenvalue weighted by molar-refractivity contribution is 0.0284. The largest absolute Gasteiger partial charge is 0.494 e. The number of halogens is 1. The highest BCUT2D eigenvalue weighted by Crippen LogP contribution is 2.34. The molecule has 0 saturated carbocycles. The molecule has 3 aromatic rings. The number of aryl methyl sites for hydroxylation is 1. The maximum Gasteiger partial charge on any atom is 0.410 e. The number of rotatable bonds is 7. The Morgan fingerprint density at radius 3 is 2.71 bits per heavy atom. The van der Waals surface area contributed by atoms with Gasteiger partial charge in [-0.1, -0.05) is 16.7 Å². The van der Waals surface area contributed by atoms with Gasteiger partial charge in [-0.05, 0) is 57.6 Å². The average Bonchev–Trinajstić information content (AvgIpc) is 3.51. The SMILES string of the molecule is COc1cnc(Cl)cc1-c1cc(C)ncc1C(=O)Nc1nnc(OCC2CCN(C(=O)OC(C)(C)C)C2)s1. The molecule has 11 nitrogen and oxygen atoms in total. The molecule has 1 N–H and O–H groups in total. The van der Waals surface area contributed by atoms with E-state index in [-0.39, 0.29) is 22.3 Å². The first-order valence-corrected chi connectivity index (χ1v) is 13.1. The van der Waals surface area contributed by atoms with E-state index in [1.807, 2.05) is 27.7 Å². The molecule has 1 atom stereocenters. The summed E-state index contributed by atoms with van der Waals surface area (Å²) >= 11 is 7.23. The molecule has 38 heavy (non-hydrogen) atoms. The smallest absolute Gasteiger partial charge is 0.410 e. The minimum absolute atomic E-state index is 0.146. The fourth-order valence-electron chi connectivity index (χ4n) is 3.89. The molecule has 1 unspecified atom stereocenters. The molecule has 4 heterocycles. The molecule has 2 amide bonds. The number of likely N-dealkylation sites (tertiary alicyclic amines) is 1. The number of carbonyl (C=O) groups excluding carboxylic acids is 2. The number of hydrogen-bond acceptors (Lipinski definition) is 10. The van der Waals surface area contributed by atoms with E-state index in [2.05, 4.69) is 25.5 Å². The van der Waals surface area contributed by atoms with Gasteiger partial charge in [0.1, 0.15) is 16.5 Å². The van der Waals surface area contributed by atoms with Crippen LogP contribution in [-0.4, -0.2) is 69.5 Å². The summed E-state index contributed by atoms with van der Waals surface area (Å²) in [7, 11) is 1.52. The lowest BCUT2D eigenvalue weighted by Crippen LogP contribution is -2.35. The van der Waals surface area contributed by atoms with Crippen molar-refractivity contribution in [1.29, 1.82) is 0 Å². The number of methoxy groups -OCH3 is 1. The van der Waals surface area contributed by atoms with Crippen molar-refractivity contribution in [2.75, 3.05) is 32.1 Å². The van der Waals surface area contributed by atoms with Crippen LogP contribution in [0.2, 0.25) is 5.15 Å². The van der Waals surface area contributed by atoms with Gasteiger partial charge in [0.05, 0.1) is 25.5 Å². The molecular formula is C25H29ClN6O5S. The maximum absolute atomic E-state index is 13.2. The molecule has 4 rings (SSSR count). The van der Waals surface area contributed by atoms with Gasteiger partial charge in [0.2, 0.25) is 5.13 Å². The Kier molecular flexibility index (Phi) is 8.32. The second kappa shape index (κ2) is 11.5. The highest BCUT2D eigenvalue weighted by Gasteiger charge is 2.30. The lowest BCUT2D eigenvalue weighted by atomic mass is 10.0. The van der Waals surface area contributed by atoms with Crippen molar-refractivity contribution in [3.05, 3.63) is 40.9 Å². The van der Waals surface area contributed by atoms with Crippen LogP contribution in [0.1, 0.15) is 43.2 Å². The van der Waals surface area contributed by atoms with Gasteiger partial charge >= 0.3 is 6.09 Å². The van der Waals surface area contributed by atoms with E-state index < -0.39 is 11.5 Å². The number of ether oxygens (including phenoxy) is 3. The summed E-state index contributed by atoms with van der Waals surface area (Å²) in [6.45, 7) is 8.88. The summed E-state index contributed by atoms with van der Waals surface area (Å²) in [6.07, 6.45) is 3.47. The van der Waals surface area contributed by atoms with Crippen LogP contribution in [0.5, 0.6) is 10.9 Å². The van der Waals surface area contributed by atoms with E-state index in [1.165, 1.54) is 19.5 Å². The molecule has 1 aliphatic rings. The highest BCUT2D eigenvalue weighted by atomic mass is 35.5. The first-order valence-electron chi connectivity index (χ1n) is 11.9. The number of nitrogens with one attached hydrogen (secondary N) is 1. The minimum atomic E-state index is -0.536. The number of pyridine rings is 2. The zero-order valence-corrected chi connectivity index (χ0v) is 23.4. The van der Waals surface area contributed by atoms with Gasteiger partial charge < -0.3 is 19.1 Å². The summed E-state index contributed by atoms with van der Waals surface area (Å²) in [5, 5.41) is 11.7. The minimum Gasteiger partial charge on any atom is -0.494 e. The van der Waals surface area contributed by atoms with Crippen LogP contribution in [0.25, 0.3) is 11.1 Å². The fourth-order valence-corrected chi connectivity index (χ4v) is 4.64. The van der Waals surface area contributed by atoms with E-state index in [1.54, 1.807) is 17.0 Å². The van der Waals surface area contributed by atoms with Gasteiger partial charge in [0, 0.05) is 42.0 Å². The van der Waals surface area contributed by atoms with Crippen molar-refractivity contribution >= 4 is 40.1 Å². The molecule has 1 fully saturated rings. The normalized spacial score (nSPS) is 15.3. The van der Waals surface area contributed by atoms with Crippen molar-refractivity contribution < 1.29 is 23.8 Å². The molecule has 0 aliphatic carbocycles. The Balaban J connectivity index is 1.39. The number of aromatic nitrogens is 4. The van der Waals surface area contributed by atoms with Gasteiger partial charge in [0.15, 0.2) is 0 Å². The third-order valence-corrected chi connectivity index (χ3v) is 6.59. The molecule has 1 saturated heterocycles.